The lowest BCUT2D eigenvalue weighted by molar-refractivity contribution is 0.0373. The second-order valence-electron chi connectivity index (χ2n) is 6.94. The highest BCUT2D eigenvalue weighted by Gasteiger charge is 2.27. The molecule has 0 N–H and O–H groups in total. The summed E-state index contributed by atoms with van der Waals surface area (Å²) in [5.74, 6) is 0. The second-order valence-corrected chi connectivity index (χ2v) is 8.00. The monoisotopic (exact) mass is 354 g/mol. The number of hydrogen-bond donors (Lipinski definition) is 0. The van der Waals surface area contributed by atoms with Crippen molar-refractivity contribution in [1.29, 1.82) is 0 Å². The van der Waals surface area contributed by atoms with Crippen LogP contribution in [0, 0.1) is 6.92 Å². The van der Waals surface area contributed by atoms with Crippen LogP contribution in [0.15, 0.2) is 24.4 Å². The molecule has 25 heavy (non-hydrogen) atoms. The van der Waals surface area contributed by atoms with Crippen molar-refractivity contribution in [3.63, 3.8) is 0 Å². The van der Waals surface area contributed by atoms with Gasteiger partial charge >= 0.3 is 0 Å². The minimum Gasteiger partial charge on any atom is -0.368 e. The van der Waals surface area contributed by atoms with Gasteiger partial charge in [0.15, 0.2) is 5.13 Å². The fourth-order valence-electron chi connectivity index (χ4n) is 3.80. The molecule has 6 heteroatoms. The zero-order valence-electron chi connectivity index (χ0n) is 14.4. The van der Waals surface area contributed by atoms with Crippen LogP contribution in [0.1, 0.15) is 40.9 Å². The zero-order valence-corrected chi connectivity index (χ0v) is 15.3. The van der Waals surface area contributed by atoms with Gasteiger partial charge in [-0.25, -0.2) is 9.97 Å². The summed E-state index contributed by atoms with van der Waals surface area (Å²) in [6.07, 6.45) is 7.06. The number of nitrogens with zero attached hydrogens (tertiary/aromatic N) is 4. The van der Waals surface area contributed by atoms with Crippen LogP contribution in [0.2, 0.25) is 0 Å². The first kappa shape index (κ1) is 15.3. The van der Waals surface area contributed by atoms with Gasteiger partial charge in [-0.1, -0.05) is 6.07 Å². The van der Waals surface area contributed by atoms with E-state index in [1.165, 1.54) is 40.7 Å². The SMILES string of the molecule is Cc1cccc2nc(C3CN(c4nc5c(s4)CCCC5)CCO3)cn12. The summed E-state index contributed by atoms with van der Waals surface area (Å²) in [4.78, 5) is 13.6. The minimum absolute atomic E-state index is 0.00831. The number of aryl methyl sites for hydroxylation is 3. The summed E-state index contributed by atoms with van der Waals surface area (Å²) in [6, 6.07) is 6.20. The standard InChI is InChI=1S/C19H22N4OS/c1-13-5-4-8-18-20-15(11-23(13)18)16-12-22(9-10-24-16)19-21-14-6-2-3-7-17(14)25-19/h4-5,8,11,16H,2-3,6-7,9-10,12H2,1H3. The number of fused-ring (bicyclic) bond motifs is 2. The van der Waals surface area contributed by atoms with E-state index in [0.717, 1.165) is 37.5 Å². The summed E-state index contributed by atoms with van der Waals surface area (Å²) in [7, 11) is 0. The third-order valence-corrected chi connectivity index (χ3v) is 6.43. The Labute approximate surface area is 151 Å². The van der Waals surface area contributed by atoms with Crippen molar-refractivity contribution in [2.45, 2.75) is 38.7 Å². The van der Waals surface area contributed by atoms with Gasteiger partial charge in [0.1, 0.15) is 11.8 Å². The number of rotatable bonds is 2. The quantitative estimate of drug-likeness (QED) is 0.706. The molecule has 1 atom stereocenters. The molecule has 0 bridgehead atoms. The Morgan fingerprint density at radius 1 is 1.20 bits per heavy atom. The molecule has 5 nitrogen and oxygen atoms in total. The molecule has 5 rings (SSSR count). The van der Waals surface area contributed by atoms with Gasteiger partial charge in [0.05, 0.1) is 24.5 Å². The fourth-order valence-corrected chi connectivity index (χ4v) is 4.98. The van der Waals surface area contributed by atoms with Gasteiger partial charge in [0.2, 0.25) is 0 Å². The highest BCUT2D eigenvalue weighted by molar-refractivity contribution is 7.15. The number of aromatic nitrogens is 3. The number of imidazole rings is 1. The van der Waals surface area contributed by atoms with Gasteiger partial charge in [0.25, 0.3) is 0 Å². The Bertz CT molecular complexity index is 892. The number of thiazole rings is 1. The van der Waals surface area contributed by atoms with Crippen molar-refractivity contribution in [1.82, 2.24) is 14.4 Å². The molecule has 1 saturated heterocycles. The van der Waals surface area contributed by atoms with Gasteiger partial charge < -0.3 is 14.0 Å². The first-order valence-corrected chi connectivity index (χ1v) is 9.89. The van der Waals surface area contributed by atoms with E-state index < -0.39 is 0 Å². The van der Waals surface area contributed by atoms with Crippen LogP contribution < -0.4 is 4.90 Å². The molecule has 2 aliphatic rings. The molecule has 4 heterocycles. The van der Waals surface area contributed by atoms with Crippen LogP contribution in [-0.4, -0.2) is 34.1 Å². The first-order chi connectivity index (χ1) is 12.3. The average molecular weight is 354 g/mol. The average Bonchev–Trinajstić information content (AvgIpc) is 3.27. The van der Waals surface area contributed by atoms with E-state index in [2.05, 4.69) is 34.6 Å². The van der Waals surface area contributed by atoms with Crippen LogP contribution in [0.5, 0.6) is 0 Å². The third kappa shape index (κ3) is 2.73. The maximum atomic E-state index is 6.05. The van der Waals surface area contributed by atoms with E-state index in [0.29, 0.717) is 0 Å². The summed E-state index contributed by atoms with van der Waals surface area (Å²) in [5.41, 5.74) is 4.52. The normalized spacial score (nSPS) is 20.8. The minimum atomic E-state index is 0.00831. The Morgan fingerprint density at radius 3 is 3.00 bits per heavy atom. The molecule has 0 amide bonds. The molecule has 0 saturated carbocycles. The van der Waals surface area contributed by atoms with Gasteiger partial charge in [0, 0.05) is 23.3 Å². The molecule has 0 spiro atoms. The number of anilines is 1. The van der Waals surface area contributed by atoms with Crippen LogP contribution in [0.25, 0.3) is 5.65 Å². The van der Waals surface area contributed by atoms with Gasteiger partial charge in [-0.15, -0.1) is 11.3 Å². The van der Waals surface area contributed by atoms with Crippen molar-refractivity contribution in [3.05, 3.63) is 46.4 Å². The highest BCUT2D eigenvalue weighted by atomic mass is 32.1. The Hall–Kier alpha value is -1.92. The molecule has 3 aromatic rings. The van der Waals surface area contributed by atoms with Crippen molar-refractivity contribution in [2.24, 2.45) is 0 Å². The van der Waals surface area contributed by atoms with E-state index in [1.54, 1.807) is 0 Å². The molecular weight excluding hydrogens is 332 g/mol. The smallest absolute Gasteiger partial charge is 0.185 e. The van der Waals surface area contributed by atoms with Crippen molar-refractivity contribution in [2.75, 3.05) is 24.6 Å². The first-order valence-electron chi connectivity index (χ1n) is 9.08. The maximum Gasteiger partial charge on any atom is 0.185 e. The Kier molecular flexibility index (Phi) is 3.75. The molecule has 0 radical (unpaired) electrons. The Morgan fingerprint density at radius 2 is 2.12 bits per heavy atom. The number of ether oxygens (including phenoxy) is 1. The number of pyridine rings is 1. The molecule has 130 valence electrons. The third-order valence-electron chi connectivity index (χ3n) is 5.22. The predicted octanol–water partition coefficient (Wildman–Crippen LogP) is 3.56. The van der Waals surface area contributed by atoms with E-state index in [4.69, 9.17) is 14.7 Å². The van der Waals surface area contributed by atoms with E-state index in [1.807, 2.05) is 17.4 Å². The summed E-state index contributed by atoms with van der Waals surface area (Å²) < 4.78 is 8.19. The zero-order chi connectivity index (χ0) is 16.8. The van der Waals surface area contributed by atoms with E-state index in [9.17, 15) is 0 Å². The fraction of sp³-hybridized carbons (Fsp3) is 0.474. The van der Waals surface area contributed by atoms with Crippen LogP contribution >= 0.6 is 11.3 Å². The molecule has 1 aliphatic heterocycles. The van der Waals surface area contributed by atoms with Gasteiger partial charge in [-0.2, -0.15) is 0 Å². The lowest BCUT2D eigenvalue weighted by Gasteiger charge is -2.31. The number of morpholine rings is 1. The van der Waals surface area contributed by atoms with Gasteiger partial charge in [-0.3, -0.25) is 0 Å². The van der Waals surface area contributed by atoms with Crippen LogP contribution in [0.3, 0.4) is 0 Å². The van der Waals surface area contributed by atoms with Crippen LogP contribution in [0.4, 0.5) is 5.13 Å². The maximum absolute atomic E-state index is 6.05. The molecular formula is C19H22N4OS. The summed E-state index contributed by atoms with van der Waals surface area (Å²) in [5, 5.41) is 1.17. The van der Waals surface area contributed by atoms with Gasteiger partial charge in [-0.05, 0) is 44.7 Å². The lowest BCUT2D eigenvalue weighted by atomic mass is 10.0. The van der Waals surface area contributed by atoms with E-state index >= 15 is 0 Å². The molecule has 0 aromatic carbocycles. The molecule has 1 aliphatic carbocycles. The topological polar surface area (TPSA) is 42.7 Å². The van der Waals surface area contributed by atoms with Crippen molar-refractivity contribution < 1.29 is 4.74 Å². The van der Waals surface area contributed by atoms with E-state index in [-0.39, 0.29) is 6.10 Å². The van der Waals surface area contributed by atoms with Crippen molar-refractivity contribution >= 4 is 22.1 Å². The summed E-state index contributed by atoms with van der Waals surface area (Å²) in [6.45, 7) is 4.57. The molecule has 1 fully saturated rings. The van der Waals surface area contributed by atoms with Crippen LogP contribution in [-0.2, 0) is 17.6 Å². The highest BCUT2D eigenvalue weighted by Crippen LogP contribution is 2.34. The molecule has 3 aromatic heterocycles. The summed E-state index contributed by atoms with van der Waals surface area (Å²) >= 11 is 1.88. The second kappa shape index (κ2) is 6.11. The predicted molar refractivity (Wildman–Crippen MR) is 99.6 cm³/mol. The Balaban J connectivity index is 1.41. The lowest BCUT2D eigenvalue weighted by Crippen LogP contribution is -2.38. The molecule has 1 unspecified atom stereocenters. The number of hydrogen-bond acceptors (Lipinski definition) is 5. The largest absolute Gasteiger partial charge is 0.368 e. The van der Waals surface area contributed by atoms with Crippen molar-refractivity contribution in [3.8, 4) is 0 Å².